The van der Waals surface area contributed by atoms with Crippen molar-refractivity contribution in [3.63, 3.8) is 0 Å². The lowest BCUT2D eigenvalue weighted by atomic mass is 9.85. The summed E-state index contributed by atoms with van der Waals surface area (Å²) in [6.45, 7) is 10.8. The zero-order chi connectivity index (χ0) is 13.1. The highest BCUT2D eigenvalue weighted by atomic mass is 16.3. The number of phenolic OH excluding ortho intramolecular Hbond substituents is 2. The molecule has 0 radical (unpaired) electrons. The van der Waals surface area contributed by atoms with Gasteiger partial charge in [-0.1, -0.05) is 26.8 Å². The Kier molecular flexibility index (Phi) is 4.18. The van der Waals surface area contributed by atoms with Gasteiger partial charge in [-0.25, -0.2) is 0 Å². The van der Waals surface area contributed by atoms with Gasteiger partial charge in [0.1, 0.15) is 11.5 Å². The monoisotopic (exact) mass is 235 g/mol. The van der Waals surface area contributed by atoms with E-state index in [1.165, 1.54) is 0 Å². The Balaban J connectivity index is 2.97. The minimum atomic E-state index is -0.186. The zero-order valence-corrected chi connectivity index (χ0v) is 10.7. The topological polar surface area (TPSA) is 52.5 Å². The fourth-order valence-corrected chi connectivity index (χ4v) is 1.67. The van der Waals surface area contributed by atoms with Gasteiger partial charge in [-0.2, -0.15) is 0 Å². The first-order chi connectivity index (χ1) is 7.86. The summed E-state index contributed by atoms with van der Waals surface area (Å²) in [5.74, 6) is 0.440. The van der Waals surface area contributed by atoms with Gasteiger partial charge < -0.3 is 15.5 Å². The Labute approximate surface area is 103 Å². The van der Waals surface area contributed by atoms with E-state index in [2.05, 4.69) is 11.9 Å². The Morgan fingerprint density at radius 3 is 2.41 bits per heavy atom. The van der Waals surface area contributed by atoms with Crippen LogP contribution in [0.5, 0.6) is 11.5 Å². The van der Waals surface area contributed by atoms with Crippen LogP contribution >= 0.6 is 0 Å². The predicted molar refractivity (Wildman–Crippen MR) is 70.4 cm³/mol. The summed E-state index contributed by atoms with van der Waals surface area (Å²) in [5.41, 5.74) is 1.26. The highest BCUT2D eigenvalue weighted by Gasteiger charge is 2.20. The average Bonchev–Trinajstić information content (AvgIpc) is 2.21. The van der Waals surface area contributed by atoms with Crippen molar-refractivity contribution in [2.24, 2.45) is 0 Å². The molecule has 0 aliphatic carbocycles. The Hall–Kier alpha value is -1.48. The first-order valence-electron chi connectivity index (χ1n) is 5.73. The normalized spacial score (nSPS) is 11.5. The summed E-state index contributed by atoms with van der Waals surface area (Å²) < 4.78 is 0. The first kappa shape index (κ1) is 13.6. The Morgan fingerprint density at radius 1 is 1.24 bits per heavy atom. The van der Waals surface area contributed by atoms with E-state index in [1.807, 2.05) is 20.8 Å². The molecule has 3 N–H and O–H groups in total. The third-order valence-electron chi connectivity index (χ3n) is 2.61. The number of hydrogen-bond acceptors (Lipinski definition) is 3. The van der Waals surface area contributed by atoms with Crippen molar-refractivity contribution in [2.75, 3.05) is 6.54 Å². The van der Waals surface area contributed by atoms with E-state index in [0.29, 0.717) is 18.7 Å². The second-order valence-electron chi connectivity index (χ2n) is 5.17. The van der Waals surface area contributed by atoms with Gasteiger partial charge in [-0.05, 0) is 17.5 Å². The molecule has 17 heavy (non-hydrogen) atoms. The molecular formula is C14H21NO2. The summed E-state index contributed by atoms with van der Waals surface area (Å²) in [7, 11) is 0. The van der Waals surface area contributed by atoms with E-state index in [0.717, 1.165) is 5.56 Å². The number of rotatable bonds is 4. The second-order valence-corrected chi connectivity index (χ2v) is 5.17. The molecule has 0 aliphatic heterocycles. The maximum atomic E-state index is 9.95. The van der Waals surface area contributed by atoms with Crippen molar-refractivity contribution in [3.8, 4) is 11.5 Å². The maximum Gasteiger partial charge on any atom is 0.120 e. The molecule has 1 aromatic rings. The van der Waals surface area contributed by atoms with Crippen molar-refractivity contribution >= 4 is 0 Å². The van der Waals surface area contributed by atoms with E-state index in [9.17, 15) is 10.2 Å². The lowest BCUT2D eigenvalue weighted by molar-refractivity contribution is 0.430. The Morgan fingerprint density at radius 2 is 1.88 bits per heavy atom. The van der Waals surface area contributed by atoms with Crippen molar-refractivity contribution in [2.45, 2.75) is 32.7 Å². The van der Waals surface area contributed by atoms with Gasteiger partial charge >= 0.3 is 0 Å². The number of nitrogens with one attached hydrogen (secondary N) is 1. The molecule has 0 aliphatic rings. The molecule has 3 nitrogen and oxygen atoms in total. The molecule has 0 unspecified atom stereocenters. The molecule has 0 fully saturated rings. The highest BCUT2D eigenvalue weighted by Crippen LogP contribution is 2.35. The van der Waals surface area contributed by atoms with Gasteiger partial charge in [0.15, 0.2) is 0 Å². The van der Waals surface area contributed by atoms with Gasteiger partial charge in [-0.15, -0.1) is 6.58 Å². The van der Waals surface area contributed by atoms with Crippen LogP contribution in [0.15, 0.2) is 24.8 Å². The van der Waals surface area contributed by atoms with E-state index < -0.39 is 0 Å². The molecule has 0 saturated heterocycles. The summed E-state index contributed by atoms with van der Waals surface area (Å²) in [6, 6.07) is 3.26. The van der Waals surface area contributed by atoms with Crippen LogP contribution in [-0.2, 0) is 12.0 Å². The second kappa shape index (κ2) is 5.23. The molecule has 0 spiro atoms. The molecule has 0 atom stereocenters. The van der Waals surface area contributed by atoms with Crippen molar-refractivity contribution in [1.29, 1.82) is 0 Å². The van der Waals surface area contributed by atoms with Gasteiger partial charge in [0.2, 0.25) is 0 Å². The summed E-state index contributed by atoms with van der Waals surface area (Å²) >= 11 is 0. The van der Waals surface area contributed by atoms with Crippen LogP contribution in [-0.4, -0.2) is 16.8 Å². The lowest BCUT2D eigenvalue weighted by Crippen LogP contribution is -2.14. The summed E-state index contributed by atoms with van der Waals surface area (Å²) in [6.07, 6.45) is 1.75. The van der Waals surface area contributed by atoms with Crippen LogP contribution in [0.1, 0.15) is 31.9 Å². The molecule has 3 heteroatoms. The SMILES string of the molecule is C=CCNCc1cc(O)c(C(C)(C)C)cc1O. The van der Waals surface area contributed by atoms with Crippen molar-refractivity contribution in [1.82, 2.24) is 5.32 Å². The summed E-state index contributed by atoms with van der Waals surface area (Å²) in [4.78, 5) is 0. The molecule has 0 heterocycles. The van der Waals surface area contributed by atoms with E-state index in [4.69, 9.17) is 0 Å². The van der Waals surface area contributed by atoms with E-state index >= 15 is 0 Å². The van der Waals surface area contributed by atoms with Gasteiger partial charge in [0, 0.05) is 24.2 Å². The summed E-state index contributed by atoms with van der Waals surface area (Å²) in [5, 5.41) is 22.9. The molecule has 1 rings (SSSR count). The van der Waals surface area contributed by atoms with Gasteiger partial charge in [-0.3, -0.25) is 0 Å². The molecule has 0 aromatic heterocycles. The van der Waals surface area contributed by atoms with Gasteiger partial charge in [0.25, 0.3) is 0 Å². The smallest absolute Gasteiger partial charge is 0.120 e. The third-order valence-corrected chi connectivity index (χ3v) is 2.61. The predicted octanol–water partition coefficient (Wildman–Crippen LogP) is 2.67. The number of benzene rings is 1. The molecule has 1 aromatic carbocycles. The Bertz CT molecular complexity index is 405. The van der Waals surface area contributed by atoms with Crippen molar-refractivity contribution < 1.29 is 10.2 Å². The standard InChI is InChI=1S/C14H21NO2/c1-5-6-15-9-10-7-13(17)11(8-12(10)16)14(2,3)4/h5,7-8,15-17H,1,6,9H2,2-4H3. The van der Waals surface area contributed by atoms with E-state index in [-0.39, 0.29) is 16.9 Å². The van der Waals surface area contributed by atoms with Gasteiger partial charge in [0.05, 0.1) is 0 Å². The van der Waals surface area contributed by atoms with Crippen LogP contribution < -0.4 is 5.32 Å². The lowest BCUT2D eigenvalue weighted by Gasteiger charge is -2.21. The molecule has 94 valence electrons. The fraction of sp³-hybridized carbons (Fsp3) is 0.429. The highest BCUT2D eigenvalue weighted by molar-refractivity contribution is 5.47. The molecular weight excluding hydrogens is 214 g/mol. The number of aromatic hydroxyl groups is 2. The van der Waals surface area contributed by atoms with Crippen LogP contribution in [0.4, 0.5) is 0 Å². The largest absolute Gasteiger partial charge is 0.508 e. The maximum absolute atomic E-state index is 9.95. The fourth-order valence-electron chi connectivity index (χ4n) is 1.67. The molecule has 0 amide bonds. The average molecular weight is 235 g/mol. The van der Waals surface area contributed by atoms with Crippen molar-refractivity contribution in [3.05, 3.63) is 35.9 Å². The molecule has 0 bridgehead atoms. The van der Waals surface area contributed by atoms with Crippen LogP contribution in [0.3, 0.4) is 0 Å². The van der Waals surface area contributed by atoms with Crippen LogP contribution in [0, 0.1) is 0 Å². The van der Waals surface area contributed by atoms with Crippen LogP contribution in [0.25, 0.3) is 0 Å². The minimum Gasteiger partial charge on any atom is -0.508 e. The minimum absolute atomic E-state index is 0.186. The van der Waals surface area contributed by atoms with Crippen LogP contribution in [0.2, 0.25) is 0 Å². The van der Waals surface area contributed by atoms with E-state index in [1.54, 1.807) is 18.2 Å². The quantitative estimate of drug-likeness (QED) is 0.427. The third kappa shape index (κ3) is 3.49. The number of hydrogen-bond donors (Lipinski definition) is 3. The zero-order valence-electron chi connectivity index (χ0n) is 10.7. The first-order valence-corrected chi connectivity index (χ1v) is 5.73. The number of phenols is 2. The molecule has 0 saturated carbocycles.